The molecule has 274 valence electrons. The minimum atomic E-state index is -1.01. The molecule has 0 saturated heterocycles. The number of benzene rings is 6. The van der Waals surface area contributed by atoms with Gasteiger partial charge in [-0.15, -0.1) is 0 Å². The van der Waals surface area contributed by atoms with Gasteiger partial charge in [-0.2, -0.15) is 0 Å². The van der Waals surface area contributed by atoms with Crippen molar-refractivity contribution in [2.45, 2.75) is 53.6 Å². The summed E-state index contributed by atoms with van der Waals surface area (Å²) in [5.74, 6) is -0.295. The molecule has 2 N–H and O–H groups in total. The molecule has 54 heavy (non-hydrogen) atoms. The summed E-state index contributed by atoms with van der Waals surface area (Å²) in [5, 5.41) is 13.7. The Balaban J connectivity index is 1.37. The van der Waals surface area contributed by atoms with Gasteiger partial charge in [-0.05, 0) is 70.6 Å². The lowest BCUT2D eigenvalue weighted by atomic mass is 9.72. The van der Waals surface area contributed by atoms with Crippen LogP contribution in [0.5, 0.6) is 0 Å². The summed E-state index contributed by atoms with van der Waals surface area (Å²) in [6.07, 6.45) is 0. The fourth-order valence-corrected chi connectivity index (χ4v) is 11.8. The molecule has 0 aromatic heterocycles. The van der Waals surface area contributed by atoms with Crippen molar-refractivity contribution in [3.63, 3.8) is 0 Å². The molecule has 6 rings (SSSR count). The molecule has 6 aromatic rings. The predicted octanol–water partition coefficient (Wildman–Crippen LogP) is 8.19. The first-order chi connectivity index (χ1) is 25.9. The number of hydrogen-bond acceptors (Lipinski definition) is 2. The van der Waals surface area contributed by atoms with E-state index in [9.17, 15) is 9.59 Å². The van der Waals surface area contributed by atoms with E-state index in [0.717, 1.165) is 10.6 Å². The van der Waals surface area contributed by atoms with Crippen LogP contribution in [0.15, 0.2) is 170 Å². The Morgan fingerprint density at radius 3 is 0.889 bits per heavy atom. The Labute approximate surface area is 324 Å². The Hall–Kier alpha value is -4.88. The van der Waals surface area contributed by atoms with E-state index < -0.39 is 38.8 Å². The van der Waals surface area contributed by atoms with Crippen molar-refractivity contribution in [3.05, 3.63) is 181 Å². The monoisotopic (exact) mass is 748 g/mol. The van der Waals surface area contributed by atoms with Crippen LogP contribution in [-0.2, 0) is 0 Å². The maximum atomic E-state index is 14.7. The second kappa shape index (κ2) is 17.1. The van der Waals surface area contributed by atoms with Crippen LogP contribution in [0, 0.1) is 10.8 Å². The molecule has 0 aliphatic heterocycles. The molecule has 0 spiro atoms. The SMILES string of the molecule is CC(C)(C)C(NC(=O)c1ccccc1P(c1ccccc1)c1ccccc1)C(NC(=O)c1ccccc1P(c1ccccc1)c1ccccc1)C(C)(C)C. The average molecular weight is 749 g/mol. The largest absolute Gasteiger partial charge is 0.347 e. The molecule has 4 nitrogen and oxygen atoms in total. The molecule has 0 fully saturated rings. The molecule has 0 radical (unpaired) electrons. The molecule has 2 atom stereocenters. The molecule has 0 aliphatic carbocycles. The van der Waals surface area contributed by atoms with Gasteiger partial charge in [-0.25, -0.2) is 0 Å². The smallest absolute Gasteiger partial charge is 0.252 e. The minimum Gasteiger partial charge on any atom is -0.347 e. The zero-order chi connectivity index (χ0) is 38.3. The fourth-order valence-electron chi connectivity index (χ4n) is 6.92. The summed E-state index contributed by atoms with van der Waals surface area (Å²) < 4.78 is 0. The van der Waals surface area contributed by atoms with E-state index in [1.165, 1.54) is 21.2 Å². The lowest BCUT2D eigenvalue weighted by Crippen LogP contribution is -2.62. The van der Waals surface area contributed by atoms with Crippen molar-refractivity contribution in [2.24, 2.45) is 10.8 Å². The van der Waals surface area contributed by atoms with Gasteiger partial charge >= 0.3 is 0 Å². The van der Waals surface area contributed by atoms with Gasteiger partial charge in [0.05, 0.1) is 12.1 Å². The third kappa shape index (κ3) is 9.07. The van der Waals surface area contributed by atoms with Gasteiger partial charge in [0.1, 0.15) is 0 Å². The minimum absolute atomic E-state index is 0.148. The summed E-state index contributed by atoms with van der Waals surface area (Å²) in [6, 6.07) is 56.9. The van der Waals surface area contributed by atoms with Crippen LogP contribution in [0.25, 0.3) is 0 Å². The third-order valence-corrected chi connectivity index (χ3v) is 14.6. The predicted molar refractivity (Wildman–Crippen MR) is 232 cm³/mol. The number of carbonyl (C=O) groups excluding carboxylic acids is 2. The Morgan fingerprint density at radius 2 is 0.630 bits per heavy atom. The summed E-state index contributed by atoms with van der Waals surface area (Å²) in [4.78, 5) is 29.4. The maximum Gasteiger partial charge on any atom is 0.252 e. The van der Waals surface area contributed by atoms with Crippen molar-refractivity contribution >= 4 is 59.5 Å². The zero-order valence-electron chi connectivity index (χ0n) is 32.0. The highest BCUT2D eigenvalue weighted by Crippen LogP contribution is 2.37. The zero-order valence-corrected chi connectivity index (χ0v) is 33.8. The summed E-state index contributed by atoms with van der Waals surface area (Å²) in [7, 11) is -2.02. The Morgan fingerprint density at radius 1 is 0.389 bits per heavy atom. The van der Waals surface area contributed by atoms with Crippen LogP contribution in [-0.4, -0.2) is 23.9 Å². The van der Waals surface area contributed by atoms with Gasteiger partial charge in [0, 0.05) is 11.1 Å². The van der Waals surface area contributed by atoms with E-state index in [0.29, 0.717) is 11.1 Å². The molecule has 0 saturated carbocycles. The van der Waals surface area contributed by atoms with Gasteiger partial charge < -0.3 is 10.6 Å². The van der Waals surface area contributed by atoms with Gasteiger partial charge in [-0.3, -0.25) is 9.59 Å². The number of hydrogen-bond donors (Lipinski definition) is 2. The first-order valence-corrected chi connectivity index (χ1v) is 21.2. The van der Waals surface area contributed by atoms with Gasteiger partial charge in [-0.1, -0.05) is 199 Å². The maximum absolute atomic E-state index is 14.7. The number of amides is 2. The van der Waals surface area contributed by atoms with Crippen molar-refractivity contribution in [2.75, 3.05) is 0 Å². The molecule has 2 amide bonds. The van der Waals surface area contributed by atoms with E-state index >= 15 is 0 Å². The third-order valence-electron chi connectivity index (χ3n) is 9.61. The van der Waals surface area contributed by atoms with Crippen molar-refractivity contribution in [3.8, 4) is 0 Å². The van der Waals surface area contributed by atoms with E-state index in [1.54, 1.807) is 0 Å². The van der Waals surface area contributed by atoms with E-state index in [-0.39, 0.29) is 11.8 Å². The first kappa shape index (κ1) is 38.8. The number of nitrogens with one attached hydrogen (secondary N) is 2. The normalized spacial score (nSPS) is 13.0. The second-order valence-electron chi connectivity index (χ2n) is 15.7. The van der Waals surface area contributed by atoms with Crippen LogP contribution < -0.4 is 42.5 Å². The van der Waals surface area contributed by atoms with Gasteiger partial charge in [0.2, 0.25) is 0 Å². The standard InChI is InChI=1S/C48H50N2O2P2/c1-47(2,3)43(49-45(51)39-31-19-21-33-41(39)53(35-23-11-7-12-24-35)36-25-13-8-14-26-36)44(48(4,5)6)50-46(52)40-32-20-22-34-42(40)54(37-27-15-9-16-28-37)38-29-17-10-18-30-38/h7-34,43-44H,1-6H3,(H,49,51)(H,50,52). The Bertz CT molecular complexity index is 1910. The molecule has 0 aliphatic rings. The molecule has 6 heteroatoms. The van der Waals surface area contributed by atoms with Gasteiger partial charge in [0.25, 0.3) is 11.8 Å². The summed E-state index contributed by atoms with van der Waals surface area (Å²) in [6.45, 7) is 12.8. The molecule has 0 heterocycles. The lowest BCUT2D eigenvalue weighted by molar-refractivity contribution is 0.0725. The molecule has 0 bridgehead atoms. The highest BCUT2D eigenvalue weighted by Gasteiger charge is 2.42. The van der Waals surface area contributed by atoms with E-state index in [1.807, 2.05) is 60.7 Å². The molecule has 6 aromatic carbocycles. The second-order valence-corrected chi connectivity index (χ2v) is 20.1. The number of carbonyl (C=O) groups is 2. The highest BCUT2D eigenvalue weighted by molar-refractivity contribution is 7.80. The number of rotatable bonds is 11. The van der Waals surface area contributed by atoms with Crippen molar-refractivity contribution < 1.29 is 9.59 Å². The van der Waals surface area contributed by atoms with Crippen LogP contribution in [0.1, 0.15) is 62.3 Å². The highest BCUT2D eigenvalue weighted by atomic mass is 31.1. The van der Waals surface area contributed by atoms with E-state index in [4.69, 9.17) is 0 Å². The Kier molecular flexibility index (Phi) is 12.3. The van der Waals surface area contributed by atoms with Crippen molar-refractivity contribution in [1.82, 2.24) is 10.6 Å². The molecular weight excluding hydrogens is 698 g/mol. The molecular formula is C48H50N2O2P2. The average Bonchev–Trinajstić information content (AvgIpc) is 3.17. The molecule has 2 unspecified atom stereocenters. The van der Waals surface area contributed by atoms with Gasteiger partial charge in [0.15, 0.2) is 0 Å². The van der Waals surface area contributed by atoms with Crippen LogP contribution in [0.2, 0.25) is 0 Å². The van der Waals surface area contributed by atoms with Crippen molar-refractivity contribution in [1.29, 1.82) is 0 Å². The first-order valence-electron chi connectivity index (χ1n) is 18.5. The van der Waals surface area contributed by atoms with E-state index in [2.05, 4.69) is 161 Å². The fraction of sp³-hybridized carbons (Fsp3) is 0.208. The summed E-state index contributed by atoms with van der Waals surface area (Å²) >= 11 is 0. The quantitative estimate of drug-likeness (QED) is 0.131. The van der Waals surface area contributed by atoms with Crippen LogP contribution in [0.3, 0.4) is 0 Å². The topological polar surface area (TPSA) is 58.2 Å². The van der Waals surface area contributed by atoms with Crippen LogP contribution >= 0.6 is 15.8 Å². The lowest BCUT2D eigenvalue weighted by Gasteiger charge is -2.44. The summed E-state index contributed by atoms with van der Waals surface area (Å²) in [5.41, 5.74) is 0.483. The van der Waals surface area contributed by atoms with Crippen LogP contribution in [0.4, 0.5) is 0 Å².